The molecule has 2 rings (SSSR count). The molecule has 2 aliphatic rings. The third-order valence-corrected chi connectivity index (χ3v) is 5.46. The monoisotopic (exact) mass is 234 g/mol. The zero-order valence-corrected chi connectivity index (χ0v) is 10.4. The minimum atomic E-state index is -0.380. The Labute approximate surface area is 97.3 Å². The van der Waals surface area contributed by atoms with Gasteiger partial charge in [-0.3, -0.25) is 0 Å². The lowest BCUT2D eigenvalue weighted by atomic mass is 9.85. The van der Waals surface area contributed by atoms with Crippen molar-refractivity contribution in [3.63, 3.8) is 0 Å². The number of halogens is 2. The van der Waals surface area contributed by atoms with E-state index < -0.39 is 0 Å². The van der Waals surface area contributed by atoms with Gasteiger partial charge in [0, 0.05) is 0 Å². The molecule has 14 heavy (non-hydrogen) atoms. The van der Waals surface area contributed by atoms with Crippen LogP contribution in [-0.4, -0.2) is 4.33 Å². The summed E-state index contributed by atoms with van der Waals surface area (Å²) < 4.78 is -0.380. The largest absolute Gasteiger partial charge is 0.124 e. The van der Waals surface area contributed by atoms with E-state index in [1.165, 1.54) is 44.9 Å². The molecule has 0 aromatic rings. The van der Waals surface area contributed by atoms with Gasteiger partial charge >= 0.3 is 0 Å². The minimum absolute atomic E-state index is 0.380. The predicted molar refractivity (Wildman–Crippen MR) is 62.9 cm³/mol. The van der Waals surface area contributed by atoms with Gasteiger partial charge in [0.25, 0.3) is 0 Å². The lowest BCUT2D eigenvalue weighted by Gasteiger charge is -2.21. The van der Waals surface area contributed by atoms with Crippen molar-refractivity contribution in [1.29, 1.82) is 0 Å². The molecule has 0 radical (unpaired) electrons. The Morgan fingerprint density at radius 2 is 1.64 bits per heavy atom. The third-order valence-electron chi connectivity index (χ3n) is 4.21. The van der Waals surface area contributed by atoms with E-state index in [1.807, 2.05) is 0 Å². The summed E-state index contributed by atoms with van der Waals surface area (Å²) in [5.41, 5.74) is 0. The van der Waals surface area contributed by atoms with E-state index in [2.05, 4.69) is 6.92 Å². The Hall–Kier alpha value is 0.580. The van der Waals surface area contributed by atoms with Crippen LogP contribution in [0, 0.1) is 17.8 Å². The Bertz CT molecular complexity index is 194. The van der Waals surface area contributed by atoms with Crippen LogP contribution in [0.4, 0.5) is 0 Å². The standard InChI is InChI=1S/C12H20Cl2/c1-9-11(12(9,13)14)8-7-10-5-3-2-4-6-10/h9-11H,2-8H2,1H3. The van der Waals surface area contributed by atoms with Gasteiger partial charge in [-0.2, -0.15) is 0 Å². The Morgan fingerprint density at radius 3 is 2.14 bits per heavy atom. The molecule has 2 aliphatic carbocycles. The fourth-order valence-corrected chi connectivity index (χ4v) is 3.67. The first-order chi connectivity index (χ1) is 6.62. The van der Waals surface area contributed by atoms with Crippen molar-refractivity contribution in [3.8, 4) is 0 Å². The number of alkyl halides is 2. The molecule has 0 saturated heterocycles. The van der Waals surface area contributed by atoms with Crippen molar-refractivity contribution in [2.24, 2.45) is 17.8 Å². The van der Waals surface area contributed by atoms with Crippen molar-refractivity contribution >= 4 is 23.2 Å². The number of hydrogen-bond donors (Lipinski definition) is 0. The van der Waals surface area contributed by atoms with Gasteiger partial charge in [0.2, 0.25) is 0 Å². The maximum atomic E-state index is 6.14. The van der Waals surface area contributed by atoms with Gasteiger partial charge in [-0.05, 0) is 24.2 Å². The second-order valence-corrected chi connectivity index (χ2v) is 6.60. The zero-order valence-electron chi connectivity index (χ0n) is 8.94. The van der Waals surface area contributed by atoms with Crippen LogP contribution in [0.15, 0.2) is 0 Å². The van der Waals surface area contributed by atoms with Crippen LogP contribution < -0.4 is 0 Å². The summed E-state index contributed by atoms with van der Waals surface area (Å²) in [5.74, 6) is 2.07. The van der Waals surface area contributed by atoms with Gasteiger partial charge in [-0.25, -0.2) is 0 Å². The molecular formula is C12H20Cl2. The summed E-state index contributed by atoms with van der Waals surface area (Å²) in [6.07, 6.45) is 9.83. The van der Waals surface area contributed by atoms with Crippen molar-refractivity contribution in [3.05, 3.63) is 0 Å². The molecule has 2 saturated carbocycles. The predicted octanol–water partition coefficient (Wildman–Crippen LogP) is 4.79. The molecule has 0 nitrogen and oxygen atoms in total. The van der Waals surface area contributed by atoms with Gasteiger partial charge in [0.15, 0.2) is 0 Å². The van der Waals surface area contributed by atoms with E-state index in [4.69, 9.17) is 23.2 Å². The van der Waals surface area contributed by atoms with Crippen LogP contribution in [0.2, 0.25) is 0 Å². The molecule has 0 aromatic heterocycles. The molecule has 2 fully saturated rings. The summed E-state index contributed by atoms with van der Waals surface area (Å²) in [6.45, 7) is 2.17. The van der Waals surface area contributed by atoms with E-state index in [9.17, 15) is 0 Å². The molecule has 82 valence electrons. The average Bonchev–Trinajstić information content (AvgIpc) is 2.65. The molecule has 0 N–H and O–H groups in total. The molecular weight excluding hydrogens is 215 g/mol. The molecule has 0 amide bonds. The lowest BCUT2D eigenvalue weighted by Crippen LogP contribution is -2.06. The van der Waals surface area contributed by atoms with Crippen LogP contribution in [0.1, 0.15) is 51.9 Å². The maximum Gasteiger partial charge on any atom is 0.124 e. The van der Waals surface area contributed by atoms with E-state index in [0.29, 0.717) is 11.8 Å². The highest BCUT2D eigenvalue weighted by atomic mass is 35.5. The van der Waals surface area contributed by atoms with Crippen LogP contribution in [0.5, 0.6) is 0 Å². The first kappa shape index (κ1) is 11.1. The quantitative estimate of drug-likeness (QED) is 0.617. The Balaban J connectivity index is 1.68. The third kappa shape index (κ3) is 2.22. The topological polar surface area (TPSA) is 0 Å². The van der Waals surface area contributed by atoms with Gasteiger partial charge < -0.3 is 0 Å². The highest BCUT2D eigenvalue weighted by molar-refractivity contribution is 6.51. The maximum absolute atomic E-state index is 6.14. The molecule has 2 atom stereocenters. The van der Waals surface area contributed by atoms with E-state index in [-0.39, 0.29) is 4.33 Å². The molecule has 0 heterocycles. The van der Waals surface area contributed by atoms with Crippen LogP contribution in [0.3, 0.4) is 0 Å². The van der Waals surface area contributed by atoms with E-state index in [1.54, 1.807) is 0 Å². The fourth-order valence-electron chi connectivity index (χ4n) is 2.89. The smallest absolute Gasteiger partial charge is 0.101 e. The van der Waals surface area contributed by atoms with Gasteiger partial charge in [0.1, 0.15) is 4.33 Å². The van der Waals surface area contributed by atoms with Crippen molar-refractivity contribution in [1.82, 2.24) is 0 Å². The molecule has 2 unspecified atom stereocenters. The first-order valence-corrected chi connectivity index (χ1v) is 6.75. The van der Waals surface area contributed by atoms with Gasteiger partial charge in [-0.15, -0.1) is 23.2 Å². The summed E-state index contributed by atoms with van der Waals surface area (Å²) >= 11 is 12.3. The van der Waals surface area contributed by atoms with E-state index in [0.717, 1.165) is 5.92 Å². The van der Waals surface area contributed by atoms with Crippen LogP contribution in [0.25, 0.3) is 0 Å². The van der Waals surface area contributed by atoms with Gasteiger partial charge in [-0.1, -0.05) is 45.4 Å². The number of hydrogen-bond acceptors (Lipinski definition) is 0. The highest BCUT2D eigenvalue weighted by Crippen LogP contribution is 2.61. The van der Waals surface area contributed by atoms with Crippen LogP contribution >= 0.6 is 23.2 Å². The molecule has 0 aliphatic heterocycles. The van der Waals surface area contributed by atoms with Crippen LogP contribution in [-0.2, 0) is 0 Å². The van der Waals surface area contributed by atoms with Crippen molar-refractivity contribution < 1.29 is 0 Å². The zero-order chi connectivity index (χ0) is 10.2. The SMILES string of the molecule is CC1C(CCC2CCCCC2)C1(Cl)Cl. The minimum Gasteiger partial charge on any atom is -0.101 e. The lowest BCUT2D eigenvalue weighted by molar-refractivity contribution is 0.324. The highest BCUT2D eigenvalue weighted by Gasteiger charge is 2.59. The summed E-state index contributed by atoms with van der Waals surface area (Å²) in [4.78, 5) is 0. The first-order valence-electron chi connectivity index (χ1n) is 6.00. The van der Waals surface area contributed by atoms with Gasteiger partial charge in [0.05, 0.1) is 0 Å². The molecule has 0 aromatic carbocycles. The van der Waals surface area contributed by atoms with Crippen molar-refractivity contribution in [2.75, 3.05) is 0 Å². The summed E-state index contributed by atoms with van der Waals surface area (Å²) in [5, 5.41) is 0. The summed E-state index contributed by atoms with van der Waals surface area (Å²) in [6, 6.07) is 0. The number of rotatable bonds is 3. The Kier molecular flexibility index (Phi) is 3.34. The summed E-state index contributed by atoms with van der Waals surface area (Å²) in [7, 11) is 0. The average molecular weight is 235 g/mol. The molecule has 2 heteroatoms. The second kappa shape index (κ2) is 4.22. The Morgan fingerprint density at radius 1 is 1.07 bits per heavy atom. The molecule has 0 bridgehead atoms. The fraction of sp³-hybridized carbons (Fsp3) is 1.00. The molecule has 0 spiro atoms. The second-order valence-electron chi connectivity index (χ2n) is 5.15. The normalized spacial score (nSPS) is 37.1. The van der Waals surface area contributed by atoms with Crippen molar-refractivity contribution in [2.45, 2.75) is 56.2 Å². The van der Waals surface area contributed by atoms with E-state index >= 15 is 0 Å².